The smallest absolute Gasteiger partial charge is 0.337 e. The predicted molar refractivity (Wildman–Crippen MR) is 145 cm³/mol. The van der Waals surface area contributed by atoms with Crippen LogP contribution in [0.15, 0.2) is 58.3 Å². The van der Waals surface area contributed by atoms with Crippen molar-refractivity contribution >= 4 is 51.6 Å². The van der Waals surface area contributed by atoms with Crippen molar-refractivity contribution in [2.75, 3.05) is 43.4 Å². The van der Waals surface area contributed by atoms with Crippen LogP contribution in [0.4, 0.5) is 17.3 Å². The van der Waals surface area contributed by atoms with E-state index < -0.39 is 11.2 Å². The summed E-state index contributed by atoms with van der Waals surface area (Å²) < 4.78 is 2.38. The average Bonchev–Trinajstić information content (AvgIpc) is 2.87. The normalized spacial score (nSPS) is 14.4. The monoisotopic (exact) mass is 525 g/mol. The third-order valence-corrected chi connectivity index (χ3v) is 6.96. The predicted octanol–water partition coefficient (Wildman–Crippen LogP) is 3.76. The van der Waals surface area contributed by atoms with Gasteiger partial charge in [0.25, 0.3) is 5.56 Å². The number of halogens is 2. The molecule has 1 saturated heterocycles. The number of nitrogens with zero attached hydrogens (tertiary/aromatic N) is 6. The van der Waals surface area contributed by atoms with Gasteiger partial charge < -0.3 is 15.1 Å². The zero-order valence-corrected chi connectivity index (χ0v) is 21.4. The van der Waals surface area contributed by atoms with E-state index in [2.05, 4.69) is 44.3 Å². The maximum atomic E-state index is 13.3. The molecule has 9 nitrogen and oxygen atoms in total. The van der Waals surface area contributed by atoms with Gasteiger partial charge in [-0.3, -0.25) is 9.36 Å². The van der Waals surface area contributed by atoms with E-state index in [0.717, 1.165) is 42.1 Å². The van der Waals surface area contributed by atoms with Crippen LogP contribution in [0.3, 0.4) is 0 Å². The molecule has 0 atom stereocenters. The quantitative estimate of drug-likeness (QED) is 0.424. The molecule has 2 aromatic heterocycles. The molecular weight excluding hydrogens is 501 g/mol. The SMILES string of the molecule is CCn1c(=O)n(-c2c(Cl)cccc2Cl)c(=O)c2cnc(Nc3ccc(N4CCN(C)CC4)cc3)nc21. The van der Waals surface area contributed by atoms with Crippen LogP contribution in [0, 0.1) is 0 Å². The van der Waals surface area contributed by atoms with Crippen LogP contribution in [0.2, 0.25) is 10.0 Å². The van der Waals surface area contributed by atoms with E-state index in [1.165, 1.54) is 10.8 Å². The van der Waals surface area contributed by atoms with Crippen LogP contribution in [0.1, 0.15) is 6.92 Å². The highest BCUT2D eigenvalue weighted by Gasteiger charge is 2.20. The Morgan fingerprint density at radius 2 is 1.64 bits per heavy atom. The number of benzene rings is 2. The Bertz CT molecular complexity index is 1520. The van der Waals surface area contributed by atoms with Gasteiger partial charge in [-0.1, -0.05) is 29.3 Å². The van der Waals surface area contributed by atoms with Gasteiger partial charge in [0.1, 0.15) is 5.39 Å². The van der Waals surface area contributed by atoms with Crippen LogP contribution < -0.4 is 21.5 Å². The molecule has 1 N–H and O–H groups in total. The fraction of sp³-hybridized carbons (Fsp3) is 0.280. The highest BCUT2D eigenvalue weighted by molar-refractivity contribution is 6.37. The molecule has 0 unspecified atom stereocenters. The fourth-order valence-electron chi connectivity index (χ4n) is 4.34. The third kappa shape index (κ3) is 4.45. The van der Waals surface area contributed by atoms with Gasteiger partial charge in [-0.25, -0.2) is 14.3 Å². The number of likely N-dealkylation sites (N-methyl/N-ethyl adjacent to an activating group) is 1. The molecule has 186 valence electrons. The van der Waals surface area contributed by atoms with Crippen LogP contribution in [0.5, 0.6) is 0 Å². The van der Waals surface area contributed by atoms with Crippen molar-refractivity contribution in [3.8, 4) is 5.69 Å². The molecule has 1 aliphatic rings. The number of aryl methyl sites for hydroxylation is 1. The minimum absolute atomic E-state index is 0.141. The van der Waals surface area contributed by atoms with Crippen molar-refractivity contribution < 1.29 is 0 Å². The molecule has 36 heavy (non-hydrogen) atoms. The Hall–Kier alpha value is -3.40. The summed E-state index contributed by atoms with van der Waals surface area (Å²) in [7, 11) is 2.13. The van der Waals surface area contributed by atoms with E-state index >= 15 is 0 Å². The summed E-state index contributed by atoms with van der Waals surface area (Å²) in [5.74, 6) is 0.282. The first-order valence-corrected chi connectivity index (χ1v) is 12.4. The van der Waals surface area contributed by atoms with Gasteiger partial charge in [0.2, 0.25) is 5.95 Å². The number of aromatic nitrogens is 4. The number of piperazine rings is 1. The van der Waals surface area contributed by atoms with Crippen molar-refractivity contribution in [1.82, 2.24) is 24.0 Å². The largest absolute Gasteiger partial charge is 0.369 e. The average molecular weight is 526 g/mol. The molecule has 1 fully saturated rings. The molecule has 2 aromatic carbocycles. The molecule has 0 spiro atoms. The first kappa shape index (κ1) is 24.3. The molecule has 0 radical (unpaired) electrons. The summed E-state index contributed by atoms with van der Waals surface area (Å²) in [5, 5.41) is 3.75. The molecule has 11 heteroatoms. The maximum absolute atomic E-state index is 13.3. The number of para-hydroxylation sites is 1. The van der Waals surface area contributed by atoms with Crippen LogP contribution in [-0.2, 0) is 6.54 Å². The number of anilines is 3. The van der Waals surface area contributed by atoms with Gasteiger partial charge in [0.05, 0.1) is 15.7 Å². The van der Waals surface area contributed by atoms with Crippen molar-refractivity contribution in [3.63, 3.8) is 0 Å². The fourth-order valence-corrected chi connectivity index (χ4v) is 4.91. The van der Waals surface area contributed by atoms with Crippen molar-refractivity contribution in [3.05, 3.63) is 79.5 Å². The lowest BCUT2D eigenvalue weighted by Gasteiger charge is -2.34. The van der Waals surface area contributed by atoms with Crippen molar-refractivity contribution in [1.29, 1.82) is 0 Å². The number of rotatable bonds is 5. The van der Waals surface area contributed by atoms with Gasteiger partial charge >= 0.3 is 5.69 Å². The van der Waals surface area contributed by atoms with Gasteiger partial charge in [-0.15, -0.1) is 0 Å². The standard InChI is InChI=1S/C25H25Cl2N7O2/c1-3-33-22-18(23(35)34(25(33)36)21-19(26)5-4-6-20(21)27)15-28-24(30-22)29-16-7-9-17(10-8-16)32-13-11-31(2)12-14-32/h4-10,15H,3,11-14H2,1-2H3,(H,28,29,30). The van der Waals surface area contributed by atoms with Gasteiger partial charge in [0, 0.05) is 50.3 Å². The molecule has 0 amide bonds. The van der Waals surface area contributed by atoms with Gasteiger partial charge in [0.15, 0.2) is 5.65 Å². The lowest BCUT2D eigenvalue weighted by molar-refractivity contribution is 0.313. The second-order valence-corrected chi connectivity index (χ2v) is 9.45. The second kappa shape index (κ2) is 9.93. The molecule has 5 rings (SSSR count). The van der Waals surface area contributed by atoms with Crippen molar-refractivity contribution in [2.45, 2.75) is 13.5 Å². The molecule has 0 saturated carbocycles. The van der Waals surface area contributed by atoms with Gasteiger partial charge in [-0.05, 0) is 50.4 Å². The van der Waals surface area contributed by atoms with E-state index in [9.17, 15) is 9.59 Å². The minimum Gasteiger partial charge on any atom is -0.369 e. The molecular formula is C25H25Cl2N7O2. The zero-order valence-electron chi connectivity index (χ0n) is 19.9. The minimum atomic E-state index is -0.585. The van der Waals surface area contributed by atoms with Crippen LogP contribution in [0.25, 0.3) is 16.7 Å². The van der Waals surface area contributed by atoms with Crippen LogP contribution >= 0.6 is 23.2 Å². The van der Waals surface area contributed by atoms with Crippen LogP contribution in [-0.4, -0.2) is 57.2 Å². The van der Waals surface area contributed by atoms with E-state index in [-0.39, 0.29) is 39.3 Å². The lowest BCUT2D eigenvalue weighted by atomic mass is 10.2. The molecule has 4 aromatic rings. The topological polar surface area (TPSA) is 88.3 Å². The summed E-state index contributed by atoms with van der Waals surface area (Å²) in [6.07, 6.45) is 1.42. The molecule has 0 bridgehead atoms. The first-order chi connectivity index (χ1) is 17.4. The molecule has 1 aliphatic heterocycles. The Balaban J connectivity index is 1.50. The highest BCUT2D eigenvalue weighted by Crippen LogP contribution is 2.27. The summed E-state index contributed by atoms with van der Waals surface area (Å²) in [4.78, 5) is 40.2. The van der Waals surface area contributed by atoms with Gasteiger partial charge in [-0.2, -0.15) is 4.98 Å². The molecule has 3 heterocycles. The van der Waals surface area contributed by atoms with E-state index in [0.29, 0.717) is 0 Å². The number of fused-ring (bicyclic) bond motifs is 1. The van der Waals surface area contributed by atoms with E-state index in [1.807, 2.05) is 12.1 Å². The highest BCUT2D eigenvalue weighted by atomic mass is 35.5. The summed E-state index contributed by atoms with van der Waals surface area (Å²) in [6, 6.07) is 12.8. The number of hydrogen-bond acceptors (Lipinski definition) is 7. The van der Waals surface area contributed by atoms with E-state index in [4.69, 9.17) is 23.2 Å². The Kier molecular flexibility index (Phi) is 6.70. The zero-order chi connectivity index (χ0) is 25.4. The number of hydrogen-bond donors (Lipinski definition) is 1. The second-order valence-electron chi connectivity index (χ2n) is 8.63. The Morgan fingerprint density at radius 1 is 0.972 bits per heavy atom. The van der Waals surface area contributed by atoms with Crippen molar-refractivity contribution in [2.24, 2.45) is 0 Å². The maximum Gasteiger partial charge on any atom is 0.337 e. The summed E-state index contributed by atoms with van der Waals surface area (Å²) in [6.45, 7) is 6.14. The molecule has 0 aliphatic carbocycles. The Morgan fingerprint density at radius 3 is 2.28 bits per heavy atom. The number of nitrogens with one attached hydrogen (secondary N) is 1. The van der Waals surface area contributed by atoms with E-state index in [1.54, 1.807) is 25.1 Å². The lowest BCUT2D eigenvalue weighted by Crippen LogP contribution is -2.44. The summed E-state index contributed by atoms with van der Waals surface area (Å²) in [5.41, 5.74) is 1.17. The third-order valence-electron chi connectivity index (χ3n) is 6.35. The summed E-state index contributed by atoms with van der Waals surface area (Å²) >= 11 is 12.6. The first-order valence-electron chi connectivity index (χ1n) is 11.6. The Labute approximate surface area is 217 Å².